The average Bonchev–Trinajstić information content (AvgIpc) is 3.16. The number of anilines is 1. The summed E-state index contributed by atoms with van der Waals surface area (Å²) in [5, 5.41) is 14.4. The van der Waals surface area contributed by atoms with Crippen molar-refractivity contribution < 1.29 is 4.79 Å². The second-order valence-electron chi connectivity index (χ2n) is 8.77. The largest absolute Gasteiger partial charge is 0.336 e. The molecular formula is C24H35N7O. The first-order valence-corrected chi connectivity index (χ1v) is 11.2. The van der Waals surface area contributed by atoms with E-state index in [-0.39, 0.29) is 18.1 Å². The minimum Gasteiger partial charge on any atom is -0.336 e. The van der Waals surface area contributed by atoms with Gasteiger partial charge in [-0.05, 0) is 59.5 Å². The van der Waals surface area contributed by atoms with Gasteiger partial charge in [-0.2, -0.15) is 5.10 Å². The number of hydrogen-bond acceptors (Lipinski definition) is 5. The first kappa shape index (κ1) is 23.7. The number of pyridine rings is 1. The van der Waals surface area contributed by atoms with E-state index >= 15 is 0 Å². The van der Waals surface area contributed by atoms with Crippen LogP contribution in [-0.2, 0) is 6.54 Å². The molecule has 0 aliphatic rings. The van der Waals surface area contributed by atoms with Gasteiger partial charge in [-0.3, -0.25) is 0 Å². The molecule has 2 aromatic heterocycles. The number of likely N-dealkylation sites (N-methyl/N-ethyl adjacent to an activating group) is 2. The summed E-state index contributed by atoms with van der Waals surface area (Å²) in [4.78, 5) is 19.6. The Morgan fingerprint density at radius 2 is 1.97 bits per heavy atom. The Balaban J connectivity index is 2.00. The lowest BCUT2D eigenvalue weighted by Crippen LogP contribution is -2.34. The molecule has 0 unspecified atom stereocenters. The molecule has 2 amide bonds. The highest BCUT2D eigenvalue weighted by atomic mass is 16.2. The Bertz CT molecular complexity index is 1060. The number of carbonyl (C=O) groups excluding carboxylic acids is 1. The molecule has 0 radical (unpaired) electrons. The second-order valence-corrected chi connectivity index (χ2v) is 8.77. The van der Waals surface area contributed by atoms with Crippen molar-refractivity contribution in [2.75, 3.05) is 32.5 Å². The van der Waals surface area contributed by atoms with Gasteiger partial charge < -0.3 is 20.9 Å². The van der Waals surface area contributed by atoms with E-state index in [9.17, 15) is 4.79 Å². The summed E-state index contributed by atoms with van der Waals surface area (Å²) in [6.07, 6.45) is 1.77. The van der Waals surface area contributed by atoms with E-state index in [0.717, 1.165) is 41.9 Å². The van der Waals surface area contributed by atoms with Crippen molar-refractivity contribution in [3.05, 3.63) is 42.1 Å². The summed E-state index contributed by atoms with van der Waals surface area (Å²) in [6, 6.07) is 10.3. The van der Waals surface area contributed by atoms with Crippen LogP contribution in [0.1, 0.15) is 39.3 Å². The Hall–Kier alpha value is -2.97. The number of hydrogen-bond donors (Lipinski definition) is 3. The molecule has 3 rings (SSSR count). The van der Waals surface area contributed by atoms with Crippen molar-refractivity contribution in [3.8, 4) is 11.3 Å². The number of benzene rings is 1. The summed E-state index contributed by atoms with van der Waals surface area (Å²) < 4.78 is 1.89. The second kappa shape index (κ2) is 10.6. The monoisotopic (exact) mass is 437 g/mol. The highest BCUT2D eigenvalue weighted by molar-refractivity contribution is 6.00. The predicted molar refractivity (Wildman–Crippen MR) is 131 cm³/mol. The number of fused-ring (bicyclic) bond motifs is 1. The van der Waals surface area contributed by atoms with Crippen molar-refractivity contribution in [2.24, 2.45) is 0 Å². The van der Waals surface area contributed by atoms with Crippen LogP contribution in [0.5, 0.6) is 0 Å². The third-order valence-electron chi connectivity index (χ3n) is 5.14. The predicted octanol–water partition coefficient (Wildman–Crippen LogP) is 3.86. The van der Waals surface area contributed by atoms with Crippen LogP contribution in [0.2, 0.25) is 0 Å². The van der Waals surface area contributed by atoms with Gasteiger partial charge in [0.25, 0.3) is 0 Å². The van der Waals surface area contributed by atoms with Gasteiger partial charge in [0.2, 0.25) is 0 Å². The van der Waals surface area contributed by atoms with Crippen LogP contribution in [0.25, 0.3) is 22.3 Å². The van der Waals surface area contributed by atoms with Crippen molar-refractivity contribution in [1.82, 2.24) is 30.3 Å². The summed E-state index contributed by atoms with van der Waals surface area (Å²) in [6.45, 7) is 10.8. The minimum absolute atomic E-state index is 0.0433. The molecule has 0 bridgehead atoms. The van der Waals surface area contributed by atoms with Crippen LogP contribution in [0.15, 0.2) is 36.5 Å². The van der Waals surface area contributed by atoms with Gasteiger partial charge in [0.05, 0.1) is 23.0 Å². The summed E-state index contributed by atoms with van der Waals surface area (Å²) in [5.74, 6) is 0. The van der Waals surface area contributed by atoms with E-state index in [1.807, 2.05) is 31.6 Å². The SMILES string of the molecule is CNCCN(C)Cc1cccc(-c2cc(NC(=O)NC(C)C)c3cnn(C(C)C)c3n2)c1. The zero-order chi connectivity index (χ0) is 23.3. The quantitative estimate of drug-likeness (QED) is 0.473. The fourth-order valence-electron chi connectivity index (χ4n) is 3.59. The number of rotatable bonds is 9. The number of nitrogens with one attached hydrogen (secondary N) is 3. The van der Waals surface area contributed by atoms with E-state index in [2.05, 4.69) is 71.1 Å². The molecule has 0 aliphatic carbocycles. The standard InChI is InChI=1S/C24H35N7O/c1-16(2)27-24(32)29-22-13-21(28-23-20(22)14-26-31(23)17(3)4)19-9-7-8-18(12-19)15-30(6)11-10-25-5/h7-9,12-14,16-17,25H,10-11,15H2,1-6H3,(H2,27,28,29,32). The average molecular weight is 438 g/mol. The lowest BCUT2D eigenvalue weighted by Gasteiger charge is -2.17. The van der Waals surface area contributed by atoms with Crippen LogP contribution >= 0.6 is 0 Å². The first-order valence-electron chi connectivity index (χ1n) is 11.2. The number of carbonyl (C=O) groups is 1. The summed E-state index contributed by atoms with van der Waals surface area (Å²) >= 11 is 0. The Kier molecular flexibility index (Phi) is 7.82. The molecule has 0 atom stereocenters. The van der Waals surface area contributed by atoms with Crippen LogP contribution in [0, 0.1) is 0 Å². The molecule has 8 nitrogen and oxygen atoms in total. The van der Waals surface area contributed by atoms with Crippen molar-refractivity contribution in [3.63, 3.8) is 0 Å². The number of amides is 2. The molecule has 0 fully saturated rings. The fraction of sp³-hybridized carbons (Fsp3) is 0.458. The van der Waals surface area contributed by atoms with Crippen molar-refractivity contribution in [1.29, 1.82) is 0 Å². The van der Waals surface area contributed by atoms with Gasteiger partial charge in [-0.15, -0.1) is 0 Å². The molecule has 0 spiro atoms. The molecule has 0 saturated carbocycles. The first-order chi connectivity index (χ1) is 15.3. The fourth-order valence-corrected chi connectivity index (χ4v) is 3.59. The number of nitrogens with zero attached hydrogens (tertiary/aromatic N) is 4. The van der Waals surface area contributed by atoms with Crippen LogP contribution < -0.4 is 16.0 Å². The van der Waals surface area contributed by atoms with Crippen LogP contribution in [0.4, 0.5) is 10.5 Å². The van der Waals surface area contributed by atoms with Crippen molar-refractivity contribution in [2.45, 2.75) is 46.3 Å². The molecule has 0 aliphatic heterocycles. The molecule has 1 aromatic carbocycles. The topological polar surface area (TPSA) is 87.1 Å². The van der Waals surface area contributed by atoms with Gasteiger partial charge in [0.1, 0.15) is 0 Å². The Morgan fingerprint density at radius 1 is 1.19 bits per heavy atom. The van der Waals surface area contributed by atoms with E-state index < -0.39 is 0 Å². The molecule has 8 heteroatoms. The zero-order valence-electron chi connectivity index (χ0n) is 19.9. The molecule has 0 saturated heterocycles. The maximum absolute atomic E-state index is 12.4. The lowest BCUT2D eigenvalue weighted by atomic mass is 10.1. The van der Waals surface area contributed by atoms with Crippen LogP contribution in [-0.4, -0.2) is 58.9 Å². The maximum Gasteiger partial charge on any atom is 0.319 e. The molecule has 3 N–H and O–H groups in total. The third kappa shape index (κ3) is 5.83. The minimum atomic E-state index is -0.240. The Morgan fingerprint density at radius 3 is 2.66 bits per heavy atom. The Labute approximate surface area is 190 Å². The summed E-state index contributed by atoms with van der Waals surface area (Å²) in [7, 11) is 4.08. The van der Waals surface area contributed by atoms with E-state index in [1.165, 1.54) is 5.56 Å². The molecule has 3 aromatic rings. The lowest BCUT2D eigenvalue weighted by molar-refractivity contribution is 0.250. The molecule has 172 valence electrons. The van der Waals surface area contributed by atoms with E-state index in [4.69, 9.17) is 4.98 Å². The van der Waals surface area contributed by atoms with Gasteiger partial charge in [-0.25, -0.2) is 14.5 Å². The smallest absolute Gasteiger partial charge is 0.319 e. The van der Waals surface area contributed by atoms with Crippen LogP contribution in [0.3, 0.4) is 0 Å². The third-order valence-corrected chi connectivity index (χ3v) is 5.14. The van der Waals surface area contributed by atoms with E-state index in [1.54, 1.807) is 6.20 Å². The maximum atomic E-state index is 12.4. The molecule has 32 heavy (non-hydrogen) atoms. The number of urea groups is 1. The van der Waals surface area contributed by atoms with E-state index in [0.29, 0.717) is 5.69 Å². The normalized spacial score (nSPS) is 11.7. The highest BCUT2D eigenvalue weighted by Gasteiger charge is 2.16. The van der Waals surface area contributed by atoms with Crippen molar-refractivity contribution >= 4 is 22.8 Å². The van der Waals surface area contributed by atoms with Gasteiger partial charge >= 0.3 is 6.03 Å². The highest BCUT2D eigenvalue weighted by Crippen LogP contribution is 2.30. The zero-order valence-corrected chi connectivity index (χ0v) is 19.9. The van der Waals surface area contributed by atoms with Gasteiger partial charge in [-0.1, -0.05) is 18.2 Å². The number of aromatic nitrogens is 3. The summed E-state index contributed by atoms with van der Waals surface area (Å²) in [5.41, 5.74) is 4.49. The molecular weight excluding hydrogens is 402 g/mol. The molecule has 2 heterocycles. The van der Waals surface area contributed by atoms with Gasteiger partial charge in [0.15, 0.2) is 5.65 Å². The van der Waals surface area contributed by atoms with Gasteiger partial charge in [0, 0.05) is 37.3 Å².